The van der Waals surface area contributed by atoms with Crippen LogP contribution in [0.2, 0.25) is 0 Å². The van der Waals surface area contributed by atoms with Crippen LogP contribution in [0.25, 0.3) is 0 Å². The zero-order valence-corrected chi connectivity index (χ0v) is 10.1. The molecule has 18 heavy (non-hydrogen) atoms. The number of piperazine rings is 1. The Bertz CT molecular complexity index is 527. The Labute approximate surface area is 104 Å². The standard InChI is InChI=1S/C12H13N3O3/c1-7-3-9(6-16)4-13-11(7)15-5-10(17)14-12(18)8(15)2/h3-4,6,8H,5H2,1-2H3,(H,14,17,18). The van der Waals surface area contributed by atoms with Crippen molar-refractivity contribution in [2.24, 2.45) is 0 Å². The number of aldehydes is 1. The number of pyridine rings is 1. The van der Waals surface area contributed by atoms with Gasteiger partial charge in [0, 0.05) is 11.8 Å². The first-order valence-corrected chi connectivity index (χ1v) is 5.55. The number of aromatic nitrogens is 1. The number of carbonyl (C=O) groups is 3. The van der Waals surface area contributed by atoms with E-state index in [-0.39, 0.29) is 18.4 Å². The maximum atomic E-state index is 11.6. The second-order valence-corrected chi connectivity index (χ2v) is 4.24. The Morgan fingerprint density at radius 2 is 2.22 bits per heavy atom. The van der Waals surface area contributed by atoms with Gasteiger partial charge in [0.05, 0.1) is 6.54 Å². The van der Waals surface area contributed by atoms with Gasteiger partial charge in [-0.05, 0) is 25.5 Å². The third kappa shape index (κ3) is 2.09. The molecular weight excluding hydrogens is 234 g/mol. The van der Waals surface area contributed by atoms with Crippen LogP contribution in [0.5, 0.6) is 0 Å². The van der Waals surface area contributed by atoms with Crippen molar-refractivity contribution in [2.75, 3.05) is 11.4 Å². The van der Waals surface area contributed by atoms with E-state index in [4.69, 9.17) is 0 Å². The molecule has 1 aromatic heterocycles. The number of anilines is 1. The van der Waals surface area contributed by atoms with Crippen LogP contribution in [0.15, 0.2) is 12.3 Å². The van der Waals surface area contributed by atoms with Crippen molar-refractivity contribution in [1.82, 2.24) is 10.3 Å². The summed E-state index contributed by atoms with van der Waals surface area (Å²) >= 11 is 0. The van der Waals surface area contributed by atoms with Crippen molar-refractivity contribution in [3.05, 3.63) is 23.4 Å². The van der Waals surface area contributed by atoms with E-state index in [1.54, 1.807) is 24.8 Å². The number of amides is 2. The molecule has 1 N–H and O–H groups in total. The molecule has 0 aromatic carbocycles. The third-order valence-corrected chi connectivity index (χ3v) is 2.90. The maximum absolute atomic E-state index is 11.6. The molecule has 1 aliphatic heterocycles. The molecule has 0 aliphatic carbocycles. The summed E-state index contributed by atoms with van der Waals surface area (Å²) in [5.74, 6) is -0.137. The van der Waals surface area contributed by atoms with Gasteiger partial charge in [-0.1, -0.05) is 0 Å². The Morgan fingerprint density at radius 3 is 2.83 bits per heavy atom. The van der Waals surface area contributed by atoms with Crippen LogP contribution in [0.4, 0.5) is 5.82 Å². The van der Waals surface area contributed by atoms with E-state index in [9.17, 15) is 14.4 Å². The summed E-state index contributed by atoms with van der Waals surface area (Å²) in [7, 11) is 0. The van der Waals surface area contributed by atoms with E-state index in [2.05, 4.69) is 10.3 Å². The highest BCUT2D eigenvalue weighted by molar-refractivity contribution is 6.04. The first-order valence-electron chi connectivity index (χ1n) is 5.55. The molecule has 1 aliphatic rings. The molecule has 1 fully saturated rings. The van der Waals surface area contributed by atoms with Crippen LogP contribution >= 0.6 is 0 Å². The van der Waals surface area contributed by atoms with Crippen molar-refractivity contribution in [2.45, 2.75) is 19.9 Å². The molecule has 0 bridgehead atoms. The molecule has 0 radical (unpaired) electrons. The van der Waals surface area contributed by atoms with Gasteiger partial charge in [-0.2, -0.15) is 0 Å². The highest BCUT2D eigenvalue weighted by Crippen LogP contribution is 2.21. The lowest BCUT2D eigenvalue weighted by Gasteiger charge is -2.33. The number of rotatable bonds is 2. The minimum absolute atomic E-state index is 0.0845. The fraction of sp³-hybridized carbons (Fsp3) is 0.333. The molecule has 1 aromatic rings. The summed E-state index contributed by atoms with van der Waals surface area (Å²) in [6, 6.07) is 1.22. The topological polar surface area (TPSA) is 79.4 Å². The summed E-state index contributed by atoms with van der Waals surface area (Å²) in [4.78, 5) is 39.4. The Kier molecular flexibility index (Phi) is 3.10. The molecule has 1 unspecified atom stereocenters. The van der Waals surface area contributed by atoms with Gasteiger partial charge in [0.2, 0.25) is 11.8 Å². The van der Waals surface area contributed by atoms with Gasteiger partial charge in [-0.3, -0.25) is 19.7 Å². The molecule has 2 amide bonds. The number of carbonyl (C=O) groups excluding carboxylic acids is 3. The fourth-order valence-corrected chi connectivity index (χ4v) is 1.93. The first-order chi connectivity index (χ1) is 8.52. The summed E-state index contributed by atoms with van der Waals surface area (Å²) < 4.78 is 0. The minimum atomic E-state index is -0.462. The molecule has 0 saturated carbocycles. The van der Waals surface area contributed by atoms with Crippen LogP contribution in [-0.4, -0.2) is 35.7 Å². The molecule has 0 spiro atoms. The van der Waals surface area contributed by atoms with Crippen molar-refractivity contribution in [3.63, 3.8) is 0 Å². The van der Waals surface area contributed by atoms with E-state index < -0.39 is 6.04 Å². The number of aryl methyl sites for hydroxylation is 1. The van der Waals surface area contributed by atoms with Crippen molar-refractivity contribution in [3.8, 4) is 0 Å². The zero-order chi connectivity index (χ0) is 13.3. The second kappa shape index (κ2) is 4.56. The monoisotopic (exact) mass is 247 g/mol. The van der Waals surface area contributed by atoms with E-state index in [0.29, 0.717) is 17.7 Å². The number of hydrogen-bond donors (Lipinski definition) is 1. The van der Waals surface area contributed by atoms with Gasteiger partial charge in [-0.25, -0.2) is 4.98 Å². The van der Waals surface area contributed by atoms with E-state index >= 15 is 0 Å². The number of hydrogen-bond acceptors (Lipinski definition) is 5. The normalized spacial score (nSPS) is 19.7. The van der Waals surface area contributed by atoms with E-state index in [1.165, 1.54) is 6.20 Å². The third-order valence-electron chi connectivity index (χ3n) is 2.90. The molecule has 6 nitrogen and oxygen atoms in total. The number of imide groups is 1. The quantitative estimate of drug-likeness (QED) is 0.590. The largest absolute Gasteiger partial charge is 0.335 e. The molecular formula is C12H13N3O3. The molecule has 94 valence electrons. The highest BCUT2D eigenvalue weighted by atomic mass is 16.2. The zero-order valence-electron chi connectivity index (χ0n) is 10.1. The lowest BCUT2D eigenvalue weighted by Crippen LogP contribution is -2.57. The van der Waals surface area contributed by atoms with E-state index in [0.717, 1.165) is 5.56 Å². The number of nitrogens with zero attached hydrogens (tertiary/aromatic N) is 2. The summed E-state index contributed by atoms with van der Waals surface area (Å²) in [5.41, 5.74) is 1.23. The second-order valence-electron chi connectivity index (χ2n) is 4.24. The Morgan fingerprint density at radius 1 is 1.50 bits per heavy atom. The van der Waals surface area contributed by atoms with Crippen LogP contribution < -0.4 is 10.2 Å². The Balaban J connectivity index is 2.38. The lowest BCUT2D eigenvalue weighted by molar-refractivity contribution is -0.132. The van der Waals surface area contributed by atoms with Crippen molar-refractivity contribution in [1.29, 1.82) is 0 Å². The van der Waals surface area contributed by atoms with Gasteiger partial charge in [-0.15, -0.1) is 0 Å². The van der Waals surface area contributed by atoms with Crippen LogP contribution in [0.3, 0.4) is 0 Å². The SMILES string of the molecule is Cc1cc(C=O)cnc1N1CC(=O)NC(=O)C1C. The van der Waals surface area contributed by atoms with Gasteiger partial charge in [0.1, 0.15) is 11.9 Å². The summed E-state index contributed by atoms with van der Waals surface area (Å²) in [6.07, 6.45) is 2.14. The highest BCUT2D eigenvalue weighted by Gasteiger charge is 2.31. The average Bonchev–Trinajstić information content (AvgIpc) is 2.34. The molecule has 6 heteroatoms. The molecule has 2 rings (SSSR count). The van der Waals surface area contributed by atoms with Gasteiger partial charge in [0.15, 0.2) is 6.29 Å². The van der Waals surface area contributed by atoms with Crippen molar-refractivity contribution < 1.29 is 14.4 Å². The van der Waals surface area contributed by atoms with Crippen LogP contribution in [0, 0.1) is 6.92 Å². The smallest absolute Gasteiger partial charge is 0.249 e. The van der Waals surface area contributed by atoms with Gasteiger partial charge < -0.3 is 4.90 Å². The predicted octanol–water partition coefficient (Wildman–Crippen LogP) is 0.0538. The molecule has 1 atom stereocenters. The molecule has 1 saturated heterocycles. The fourth-order valence-electron chi connectivity index (χ4n) is 1.93. The average molecular weight is 247 g/mol. The predicted molar refractivity (Wildman–Crippen MR) is 64.3 cm³/mol. The lowest BCUT2D eigenvalue weighted by atomic mass is 10.1. The van der Waals surface area contributed by atoms with Crippen molar-refractivity contribution >= 4 is 23.9 Å². The van der Waals surface area contributed by atoms with Gasteiger partial charge in [0.25, 0.3) is 0 Å². The minimum Gasteiger partial charge on any atom is -0.335 e. The van der Waals surface area contributed by atoms with Crippen LogP contribution in [0.1, 0.15) is 22.8 Å². The first kappa shape index (κ1) is 12.2. The van der Waals surface area contributed by atoms with Gasteiger partial charge >= 0.3 is 0 Å². The number of nitrogens with one attached hydrogen (secondary N) is 1. The van der Waals surface area contributed by atoms with Crippen LogP contribution in [-0.2, 0) is 9.59 Å². The van der Waals surface area contributed by atoms with E-state index in [1.807, 2.05) is 0 Å². The Hall–Kier alpha value is -2.24. The molecule has 2 heterocycles. The summed E-state index contributed by atoms with van der Waals surface area (Å²) in [5, 5.41) is 2.27. The maximum Gasteiger partial charge on any atom is 0.249 e. The summed E-state index contributed by atoms with van der Waals surface area (Å²) in [6.45, 7) is 3.58.